The average Bonchev–Trinajstić information content (AvgIpc) is 1.84. The largest absolute Gasteiger partial charge is 0.465 e. The quantitative estimate of drug-likeness (QED) is 0.387. The number of aliphatic imine (C=N–C) groups is 1. The molecule has 12 heavy (non-hydrogen) atoms. The second kappa shape index (κ2) is 5.35. The molecule has 2 N–H and O–H groups in total. The second-order valence-corrected chi connectivity index (χ2v) is 2.28. The molecule has 0 aromatic carbocycles. The number of ketones is 1. The van der Waals surface area contributed by atoms with Gasteiger partial charge in [0.2, 0.25) is 0 Å². The lowest BCUT2D eigenvalue weighted by Gasteiger charge is -1.99. The second-order valence-electron chi connectivity index (χ2n) is 2.28. The van der Waals surface area contributed by atoms with Crippen molar-refractivity contribution in [2.75, 3.05) is 6.61 Å². The van der Waals surface area contributed by atoms with Gasteiger partial charge in [-0.2, -0.15) is 0 Å². The normalized spacial score (nSPS) is 12.9. The van der Waals surface area contributed by atoms with E-state index >= 15 is 0 Å². The molecule has 0 heterocycles. The summed E-state index contributed by atoms with van der Waals surface area (Å²) in [6, 6.07) is 0.0903. The highest BCUT2D eigenvalue weighted by Crippen LogP contribution is 1.94. The Hall–Kier alpha value is -1.32. The fourth-order valence-corrected chi connectivity index (χ4v) is 0.680. The molecule has 68 valence electrons. The molecular formula is C8H14N2O2. The molecule has 0 atom stereocenters. The predicted octanol–water partition coefficient (Wildman–Crippen LogP) is 0.830. The Bertz CT molecular complexity index is 219. The van der Waals surface area contributed by atoms with Gasteiger partial charge in [-0.05, 0) is 20.8 Å². The third kappa shape index (κ3) is 5.46. The van der Waals surface area contributed by atoms with Gasteiger partial charge in [-0.1, -0.05) is 0 Å². The van der Waals surface area contributed by atoms with Crippen LogP contribution in [0.2, 0.25) is 0 Å². The van der Waals surface area contributed by atoms with E-state index in [0.717, 1.165) is 0 Å². The lowest BCUT2D eigenvalue weighted by molar-refractivity contribution is -0.112. The van der Waals surface area contributed by atoms with E-state index in [0.29, 0.717) is 12.3 Å². The van der Waals surface area contributed by atoms with Crippen LogP contribution < -0.4 is 5.73 Å². The van der Waals surface area contributed by atoms with E-state index in [2.05, 4.69) is 4.99 Å². The molecule has 4 heteroatoms. The van der Waals surface area contributed by atoms with Crippen molar-refractivity contribution in [1.82, 2.24) is 0 Å². The highest BCUT2D eigenvalue weighted by atomic mass is 16.5. The van der Waals surface area contributed by atoms with Crippen molar-refractivity contribution in [1.29, 1.82) is 0 Å². The molecule has 0 aromatic rings. The Morgan fingerprint density at radius 2 is 2.17 bits per heavy atom. The van der Waals surface area contributed by atoms with Crippen LogP contribution in [0.1, 0.15) is 20.8 Å². The van der Waals surface area contributed by atoms with Crippen LogP contribution in [0.3, 0.4) is 0 Å². The first-order chi connectivity index (χ1) is 5.56. The fourth-order valence-electron chi connectivity index (χ4n) is 0.680. The number of hydrogen-bond donors (Lipinski definition) is 1. The summed E-state index contributed by atoms with van der Waals surface area (Å²) in [6.07, 6.45) is 1.39. The van der Waals surface area contributed by atoms with Crippen molar-refractivity contribution < 1.29 is 9.53 Å². The van der Waals surface area contributed by atoms with Crippen LogP contribution in [-0.2, 0) is 9.53 Å². The van der Waals surface area contributed by atoms with Gasteiger partial charge in [-0.15, -0.1) is 0 Å². The van der Waals surface area contributed by atoms with Crippen LogP contribution in [0, 0.1) is 0 Å². The average molecular weight is 170 g/mol. The molecule has 0 aliphatic rings. The van der Waals surface area contributed by atoms with Gasteiger partial charge < -0.3 is 10.5 Å². The van der Waals surface area contributed by atoms with Gasteiger partial charge in [0.25, 0.3) is 6.02 Å². The lowest BCUT2D eigenvalue weighted by Crippen LogP contribution is -2.15. The molecule has 0 bridgehead atoms. The van der Waals surface area contributed by atoms with Crippen LogP contribution in [0.25, 0.3) is 0 Å². The molecule has 4 nitrogen and oxygen atoms in total. The molecule has 0 saturated heterocycles. The molecule has 0 amide bonds. The number of ether oxygens (including phenoxy) is 1. The lowest BCUT2D eigenvalue weighted by atomic mass is 10.3. The zero-order chi connectivity index (χ0) is 9.56. The zero-order valence-electron chi connectivity index (χ0n) is 7.63. The van der Waals surface area contributed by atoms with E-state index < -0.39 is 0 Å². The zero-order valence-corrected chi connectivity index (χ0v) is 7.63. The third-order valence-corrected chi connectivity index (χ3v) is 0.991. The van der Waals surface area contributed by atoms with E-state index in [4.69, 9.17) is 10.5 Å². The predicted molar refractivity (Wildman–Crippen MR) is 47.7 cm³/mol. The summed E-state index contributed by atoms with van der Waals surface area (Å²) in [4.78, 5) is 14.4. The van der Waals surface area contributed by atoms with Crippen molar-refractivity contribution in [3.05, 3.63) is 11.8 Å². The van der Waals surface area contributed by atoms with E-state index in [1.165, 1.54) is 13.0 Å². The van der Waals surface area contributed by atoms with Crippen molar-refractivity contribution in [2.45, 2.75) is 20.8 Å². The van der Waals surface area contributed by atoms with E-state index in [1.54, 1.807) is 6.92 Å². The molecular weight excluding hydrogens is 156 g/mol. The van der Waals surface area contributed by atoms with E-state index in [9.17, 15) is 4.79 Å². The fraction of sp³-hybridized carbons (Fsp3) is 0.500. The summed E-state index contributed by atoms with van der Waals surface area (Å²) in [6.45, 7) is 5.43. The molecule has 0 rings (SSSR count). The molecule has 0 radical (unpaired) electrons. The van der Waals surface area contributed by atoms with E-state index in [1.807, 2.05) is 6.92 Å². The summed E-state index contributed by atoms with van der Waals surface area (Å²) in [5.41, 5.74) is 5.89. The van der Waals surface area contributed by atoms with Gasteiger partial charge in [0.15, 0.2) is 5.78 Å². The molecule has 0 aliphatic heterocycles. The molecule has 0 spiro atoms. The van der Waals surface area contributed by atoms with Crippen molar-refractivity contribution in [3.63, 3.8) is 0 Å². The maximum Gasteiger partial charge on any atom is 0.286 e. The van der Waals surface area contributed by atoms with Gasteiger partial charge in [-0.25, -0.2) is 4.99 Å². The maximum absolute atomic E-state index is 10.6. The van der Waals surface area contributed by atoms with Gasteiger partial charge in [0, 0.05) is 11.8 Å². The van der Waals surface area contributed by atoms with Crippen LogP contribution >= 0.6 is 0 Å². The Morgan fingerprint density at radius 1 is 1.58 bits per heavy atom. The van der Waals surface area contributed by atoms with Gasteiger partial charge in [0.05, 0.1) is 6.61 Å². The standard InChI is InChI=1S/C8H14N2O2/c1-4-12-8(9)10-6(2)5-7(3)11/h5H,4H2,1-3H3,(H2,9,10)/b6-5+. The first kappa shape index (κ1) is 10.7. The highest BCUT2D eigenvalue weighted by molar-refractivity contribution is 5.88. The first-order valence-corrected chi connectivity index (χ1v) is 3.72. The number of rotatable bonds is 3. The summed E-state index contributed by atoms with van der Waals surface area (Å²) < 4.78 is 4.87. The van der Waals surface area contributed by atoms with Crippen molar-refractivity contribution >= 4 is 11.8 Å². The topological polar surface area (TPSA) is 64.7 Å². The number of nitrogens with zero attached hydrogens (tertiary/aromatic N) is 1. The molecule has 0 aliphatic carbocycles. The van der Waals surface area contributed by atoms with Crippen LogP contribution in [0.4, 0.5) is 0 Å². The SMILES string of the molecule is CCOC(N)=N/C(C)=C/C(C)=O. The van der Waals surface area contributed by atoms with E-state index in [-0.39, 0.29) is 11.8 Å². The Labute approximate surface area is 72.1 Å². The summed E-state index contributed by atoms with van der Waals surface area (Å²) in [5.74, 6) is -0.0550. The van der Waals surface area contributed by atoms with Gasteiger partial charge >= 0.3 is 0 Å². The summed E-state index contributed by atoms with van der Waals surface area (Å²) >= 11 is 0. The maximum atomic E-state index is 10.6. The van der Waals surface area contributed by atoms with Crippen LogP contribution in [0.5, 0.6) is 0 Å². The first-order valence-electron chi connectivity index (χ1n) is 3.72. The van der Waals surface area contributed by atoms with Crippen LogP contribution in [-0.4, -0.2) is 18.4 Å². The highest BCUT2D eigenvalue weighted by Gasteiger charge is 1.92. The summed E-state index contributed by atoms with van der Waals surface area (Å²) in [7, 11) is 0. The van der Waals surface area contributed by atoms with Gasteiger partial charge in [0.1, 0.15) is 0 Å². The molecule has 0 unspecified atom stereocenters. The molecule has 0 saturated carbocycles. The smallest absolute Gasteiger partial charge is 0.286 e. The molecule has 0 fully saturated rings. The Kier molecular flexibility index (Phi) is 4.76. The number of carbonyl (C=O) groups is 1. The summed E-state index contributed by atoms with van der Waals surface area (Å²) in [5, 5.41) is 0. The minimum Gasteiger partial charge on any atom is -0.465 e. The van der Waals surface area contributed by atoms with Crippen molar-refractivity contribution in [2.24, 2.45) is 10.7 Å². The van der Waals surface area contributed by atoms with Crippen LogP contribution in [0.15, 0.2) is 16.8 Å². The van der Waals surface area contributed by atoms with Crippen molar-refractivity contribution in [3.8, 4) is 0 Å². The minimum absolute atomic E-state index is 0.0550. The third-order valence-electron chi connectivity index (χ3n) is 0.991. The number of hydrogen-bond acceptors (Lipinski definition) is 3. The monoisotopic (exact) mass is 170 g/mol. The Morgan fingerprint density at radius 3 is 2.58 bits per heavy atom. The number of nitrogens with two attached hydrogens (primary N) is 1. The number of allylic oxidation sites excluding steroid dienone is 2. The Balaban J connectivity index is 4.22. The number of carbonyl (C=O) groups excluding carboxylic acids is 1. The molecule has 0 aromatic heterocycles. The minimum atomic E-state index is -0.0550. The number of amidine groups is 1. The van der Waals surface area contributed by atoms with Gasteiger partial charge in [-0.3, -0.25) is 4.79 Å².